The van der Waals surface area contributed by atoms with Crippen molar-refractivity contribution in [3.05, 3.63) is 83.4 Å². The van der Waals surface area contributed by atoms with E-state index in [0.29, 0.717) is 38.3 Å². The minimum atomic E-state index is 0.0407. The van der Waals surface area contributed by atoms with Crippen LogP contribution in [0.3, 0.4) is 0 Å². The fraction of sp³-hybridized carbons (Fsp3) is 0.286. The van der Waals surface area contributed by atoms with Gasteiger partial charge in [-0.05, 0) is 62.1 Å². The molecule has 3 aromatic carbocycles. The predicted octanol–water partition coefficient (Wildman–Crippen LogP) is 6.70. The summed E-state index contributed by atoms with van der Waals surface area (Å²) in [6.45, 7) is 7.61. The van der Waals surface area contributed by atoms with E-state index in [0.717, 1.165) is 32.2 Å². The molecule has 0 bridgehead atoms. The maximum Gasteiger partial charge on any atom is 0.229 e. The van der Waals surface area contributed by atoms with Gasteiger partial charge in [0.2, 0.25) is 5.91 Å². The monoisotopic (exact) mass is 474 g/mol. The number of carbonyl (C=O) groups is 1. The number of aryl methyl sites for hydroxylation is 2. The second kappa shape index (κ2) is 11.2. The number of hydrogen-bond donors (Lipinski definition) is 0. The molecular formula is C28H30N2O3S. The molecule has 4 aromatic rings. The van der Waals surface area contributed by atoms with Crippen LogP contribution in [0.25, 0.3) is 10.2 Å². The Morgan fingerprint density at radius 1 is 0.971 bits per heavy atom. The van der Waals surface area contributed by atoms with Gasteiger partial charge in [0.25, 0.3) is 0 Å². The molecule has 0 aliphatic carbocycles. The zero-order valence-electron chi connectivity index (χ0n) is 19.9. The van der Waals surface area contributed by atoms with Crippen molar-refractivity contribution in [3.8, 4) is 11.5 Å². The van der Waals surface area contributed by atoms with Crippen molar-refractivity contribution in [2.24, 2.45) is 0 Å². The molecule has 34 heavy (non-hydrogen) atoms. The van der Waals surface area contributed by atoms with E-state index in [1.807, 2.05) is 66.4 Å². The van der Waals surface area contributed by atoms with Crippen LogP contribution in [0.15, 0.2) is 66.7 Å². The first-order valence-electron chi connectivity index (χ1n) is 11.6. The largest absolute Gasteiger partial charge is 0.490 e. The first kappa shape index (κ1) is 23.8. The maximum absolute atomic E-state index is 13.4. The zero-order chi connectivity index (χ0) is 23.9. The molecule has 6 heteroatoms. The lowest BCUT2D eigenvalue weighted by Gasteiger charge is -2.20. The van der Waals surface area contributed by atoms with E-state index in [1.54, 1.807) is 11.3 Å². The van der Waals surface area contributed by atoms with Crippen molar-refractivity contribution in [3.63, 3.8) is 0 Å². The van der Waals surface area contributed by atoms with Gasteiger partial charge in [0, 0.05) is 6.42 Å². The summed E-state index contributed by atoms with van der Waals surface area (Å²) in [7, 11) is 0. The molecule has 0 aliphatic rings. The Bertz CT molecular complexity index is 1250. The van der Waals surface area contributed by atoms with E-state index in [1.165, 1.54) is 5.56 Å². The van der Waals surface area contributed by atoms with Crippen LogP contribution in [0.2, 0.25) is 0 Å². The normalized spacial score (nSPS) is 10.9. The molecule has 176 valence electrons. The van der Waals surface area contributed by atoms with E-state index < -0.39 is 0 Å². The number of amides is 1. The number of nitrogens with zero attached hydrogens (tertiary/aromatic N) is 2. The van der Waals surface area contributed by atoms with E-state index in [-0.39, 0.29) is 5.91 Å². The molecule has 0 N–H and O–H groups in total. The van der Waals surface area contributed by atoms with Crippen molar-refractivity contribution in [2.75, 3.05) is 18.1 Å². The molecule has 0 fully saturated rings. The summed E-state index contributed by atoms with van der Waals surface area (Å²) in [6, 6.07) is 21.9. The van der Waals surface area contributed by atoms with Gasteiger partial charge in [-0.15, -0.1) is 0 Å². The van der Waals surface area contributed by atoms with Crippen LogP contribution in [0.1, 0.15) is 36.5 Å². The molecular weight excluding hydrogens is 444 g/mol. The molecule has 1 aromatic heterocycles. The number of anilines is 1. The fourth-order valence-corrected chi connectivity index (χ4v) is 5.05. The Hall–Kier alpha value is -3.38. The van der Waals surface area contributed by atoms with Gasteiger partial charge in [-0.3, -0.25) is 9.69 Å². The van der Waals surface area contributed by atoms with Crippen LogP contribution in [0.4, 0.5) is 5.13 Å². The summed E-state index contributed by atoms with van der Waals surface area (Å²) in [4.78, 5) is 20.0. The lowest BCUT2D eigenvalue weighted by molar-refractivity contribution is -0.119. The van der Waals surface area contributed by atoms with Crippen LogP contribution in [0, 0.1) is 13.8 Å². The quantitative estimate of drug-likeness (QED) is 0.240. The van der Waals surface area contributed by atoms with Crippen LogP contribution < -0.4 is 14.4 Å². The van der Waals surface area contributed by atoms with Crippen molar-refractivity contribution in [1.82, 2.24) is 4.98 Å². The van der Waals surface area contributed by atoms with Gasteiger partial charge in [-0.1, -0.05) is 59.9 Å². The third-order valence-electron chi connectivity index (χ3n) is 5.48. The number of para-hydroxylation sites is 2. The van der Waals surface area contributed by atoms with Gasteiger partial charge in [0.1, 0.15) is 0 Å². The minimum absolute atomic E-state index is 0.0407. The molecule has 0 saturated heterocycles. The number of hydrogen-bond acceptors (Lipinski definition) is 5. The van der Waals surface area contributed by atoms with E-state index in [4.69, 9.17) is 14.5 Å². The molecule has 1 amide bonds. The fourth-order valence-electron chi connectivity index (χ4n) is 3.89. The summed E-state index contributed by atoms with van der Waals surface area (Å²) in [6.07, 6.45) is 0.977. The highest BCUT2D eigenvalue weighted by Gasteiger charge is 2.21. The van der Waals surface area contributed by atoms with Crippen LogP contribution in [-0.2, 0) is 11.3 Å². The first-order chi connectivity index (χ1) is 16.5. The number of carbonyl (C=O) groups excluding carboxylic acids is 1. The minimum Gasteiger partial charge on any atom is -0.490 e. The number of thiazole rings is 1. The van der Waals surface area contributed by atoms with Gasteiger partial charge in [-0.25, -0.2) is 4.98 Å². The predicted molar refractivity (Wildman–Crippen MR) is 139 cm³/mol. The highest BCUT2D eigenvalue weighted by atomic mass is 32.1. The van der Waals surface area contributed by atoms with Gasteiger partial charge in [0.15, 0.2) is 16.6 Å². The number of benzene rings is 3. The molecule has 0 saturated carbocycles. The lowest BCUT2D eigenvalue weighted by atomic mass is 10.1. The molecule has 0 unspecified atom stereocenters. The summed E-state index contributed by atoms with van der Waals surface area (Å²) in [5.41, 5.74) is 4.37. The topological polar surface area (TPSA) is 51.7 Å². The highest BCUT2D eigenvalue weighted by molar-refractivity contribution is 7.22. The molecule has 0 spiro atoms. The van der Waals surface area contributed by atoms with Crippen molar-refractivity contribution < 1.29 is 14.3 Å². The highest BCUT2D eigenvalue weighted by Crippen LogP contribution is 2.33. The smallest absolute Gasteiger partial charge is 0.229 e. The SMILES string of the molecule is CCOc1ccccc1OCCCC(=O)N(Cc1ccccc1)c1nc2c(C)cc(C)cc2s1. The Labute approximate surface area is 205 Å². The molecule has 1 heterocycles. The number of ether oxygens (including phenoxy) is 2. The van der Waals surface area contributed by atoms with Crippen molar-refractivity contribution in [2.45, 2.75) is 40.2 Å². The molecule has 5 nitrogen and oxygen atoms in total. The first-order valence-corrected chi connectivity index (χ1v) is 12.4. The summed E-state index contributed by atoms with van der Waals surface area (Å²) in [5, 5.41) is 0.736. The second-order valence-corrected chi connectivity index (χ2v) is 9.23. The Balaban J connectivity index is 1.48. The van der Waals surface area contributed by atoms with Gasteiger partial charge >= 0.3 is 0 Å². The van der Waals surface area contributed by atoms with Crippen molar-refractivity contribution in [1.29, 1.82) is 0 Å². The number of fused-ring (bicyclic) bond motifs is 1. The molecule has 0 atom stereocenters. The van der Waals surface area contributed by atoms with Gasteiger partial charge in [0.05, 0.1) is 30.0 Å². The van der Waals surface area contributed by atoms with Crippen molar-refractivity contribution >= 4 is 32.6 Å². The Kier molecular flexibility index (Phi) is 7.80. The van der Waals surface area contributed by atoms with E-state index in [2.05, 4.69) is 26.0 Å². The van der Waals surface area contributed by atoms with Crippen LogP contribution in [-0.4, -0.2) is 24.1 Å². The maximum atomic E-state index is 13.4. The molecule has 0 aliphatic heterocycles. The van der Waals surface area contributed by atoms with E-state index in [9.17, 15) is 4.79 Å². The Morgan fingerprint density at radius 3 is 2.41 bits per heavy atom. The average molecular weight is 475 g/mol. The molecule has 0 radical (unpaired) electrons. The Morgan fingerprint density at radius 2 is 1.68 bits per heavy atom. The van der Waals surface area contributed by atoms with E-state index >= 15 is 0 Å². The summed E-state index contributed by atoms with van der Waals surface area (Å²) in [5.74, 6) is 1.47. The summed E-state index contributed by atoms with van der Waals surface area (Å²) >= 11 is 1.57. The standard InChI is InChI=1S/C28H30N2O3S/c1-4-32-23-13-8-9-14-24(23)33-16-10-15-26(31)30(19-22-11-6-5-7-12-22)28-29-27-21(3)17-20(2)18-25(27)34-28/h5-9,11-14,17-18H,4,10,15-16,19H2,1-3H3. The average Bonchev–Trinajstić information content (AvgIpc) is 3.26. The molecule has 4 rings (SSSR count). The number of aromatic nitrogens is 1. The van der Waals surface area contributed by atoms with Crippen LogP contribution in [0.5, 0.6) is 11.5 Å². The zero-order valence-corrected chi connectivity index (χ0v) is 20.7. The third kappa shape index (κ3) is 5.75. The van der Waals surface area contributed by atoms with Crippen LogP contribution >= 0.6 is 11.3 Å². The van der Waals surface area contributed by atoms with Gasteiger partial charge < -0.3 is 9.47 Å². The number of rotatable bonds is 10. The van der Waals surface area contributed by atoms with Gasteiger partial charge in [-0.2, -0.15) is 0 Å². The summed E-state index contributed by atoms with van der Waals surface area (Å²) < 4.78 is 12.6. The third-order valence-corrected chi connectivity index (χ3v) is 6.50. The second-order valence-electron chi connectivity index (χ2n) is 8.22. The lowest BCUT2D eigenvalue weighted by Crippen LogP contribution is -2.30.